The molecule has 0 bridgehead atoms. The smallest absolute Gasteiger partial charge is 0.224 e. The van der Waals surface area contributed by atoms with Gasteiger partial charge in [-0.05, 0) is 35.4 Å². The number of pyridine rings is 1. The van der Waals surface area contributed by atoms with E-state index in [1.54, 1.807) is 20.4 Å². The summed E-state index contributed by atoms with van der Waals surface area (Å²) in [7, 11) is 3.43. The Balaban J connectivity index is 2.13. The van der Waals surface area contributed by atoms with Crippen molar-refractivity contribution in [3.8, 4) is 16.9 Å². The summed E-state index contributed by atoms with van der Waals surface area (Å²) in [6, 6.07) is 13.8. The third-order valence-electron chi connectivity index (χ3n) is 3.96. The van der Waals surface area contributed by atoms with Crippen molar-refractivity contribution < 1.29 is 9.47 Å². The number of rotatable bonds is 5. The fourth-order valence-corrected chi connectivity index (χ4v) is 2.72. The molecule has 0 saturated carbocycles. The second-order valence-electron chi connectivity index (χ2n) is 5.32. The van der Waals surface area contributed by atoms with Crippen molar-refractivity contribution >= 4 is 28.9 Å². The standard InChI is InChI=1S/C19H18N4O2/c1-22-18-15-9-13(12-3-6-14(24-2)7-4-12)5-8-17(15)23-10-16(18)19(21)25-11-20/h3-11,20-21H,1-2H3,(H,22,23). The molecule has 0 amide bonds. The van der Waals surface area contributed by atoms with Gasteiger partial charge in [-0.15, -0.1) is 0 Å². The predicted octanol–water partition coefficient (Wildman–Crippen LogP) is 3.90. The van der Waals surface area contributed by atoms with E-state index in [1.165, 1.54) is 0 Å². The number of benzene rings is 2. The van der Waals surface area contributed by atoms with Crippen LogP contribution in [-0.2, 0) is 4.74 Å². The quantitative estimate of drug-likeness (QED) is 0.487. The fraction of sp³-hybridized carbons (Fsp3) is 0.105. The van der Waals surface area contributed by atoms with Gasteiger partial charge in [0.05, 0.1) is 23.9 Å². The van der Waals surface area contributed by atoms with Crippen LogP contribution in [0.2, 0.25) is 0 Å². The summed E-state index contributed by atoms with van der Waals surface area (Å²) < 4.78 is 10.1. The number of nitrogens with one attached hydrogen (secondary N) is 3. The predicted molar refractivity (Wildman–Crippen MR) is 100.0 cm³/mol. The van der Waals surface area contributed by atoms with Crippen LogP contribution in [0.4, 0.5) is 5.69 Å². The van der Waals surface area contributed by atoms with Gasteiger partial charge in [-0.1, -0.05) is 18.2 Å². The lowest BCUT2D eigenvalue weighted by atomic mass is 10.0. The van der Waals surface area contributed by atoms with Crippen molar-refractivity contribution in [1.29, 1.82) is 10.8 Å². The number of hydrogen-bond donors (Lipinski definition) is 3. The Bertz CT molecular complexity index is 936. The van der Waals surface area contributed by atoms with Crippen molar-refractivity contribution in [3.63, 3.8) is 0 Å². The van der Waals surface area contributed by atoms with Gasteiger partial charge in [0.1, 0.15) is 5.75 Å². The molecule has 3 aromatic rings. The maximum Gasteiger partial charge on any atom is 0.224 e. The van der Waals surface area contributed by atoms with Gasteiger partial charge >= 0.3 is 0 Å². The maximum absolute atomic E-state index is 7.94. The zero-order valence-electron chi connectivity index (χ0n) is 14.0. The molecule has 1 heterocycles. The lowest BCUT2D eigenvalue weighted by Crippen LogP contribution is -2.08. The van der Waals surface area contributed by atoms with Gasteiger partial charge in [0.25, 0.3) is 0 Å². The van der Waals surface area contributed by atoms with E-state index in [-0.39, 0.29) is 5.90 Å². The van der Waals surface area contributed by atoms with E-state index < -0.39 is 0 Å². The van der Waals surface area contributed by atoms with Gasteiger partial charge in [0.15, 0.2) is 6.40 Å². The van der Waals surface area contributed by atoms with Crippen LogP contribution in [0.5, 0.6) is 5.75 Å². The summed E-state index contributed by atoms with van der Waals surface area (Å²) in [6.45, 7) is 0. The van der Waals surface area contributed by atoms with Crippen molar-refractivity contribution in [2.75, 3.05) is 19.5 Å². The average Bonchev–Trinajstić information content (AvgIpc) is 2.66. The van der Waals surface area contributed by atoms with E-state index in [0.717, 1.165) is 39.9 Å². The minimum atomic E-state index is -0.122. The fourth-order valence-electron chi connectivity index (χ4n) is 2.72. The van der Waals surface area contributed by atoms with E-state index in [1.807, 2.05) is 42.5 Å². The SMILES string of the molecule is CNc1c(C(=N)OC=N)cnc2ccc(-c3ccc(OC)cc3)cc12. The third-order valence-corrected chi connectivity index (χ3v) is 3.96. The zero-order chi connectivity index (χ0) is 17.8. The number of fused-ring (bicyclic) bond motifs is 1. The van der Waals surface area contributed by atoms with E-state index >= 15 is 0 Å². The van der Waals surface area contributed by atoms with Gasteiger partial charge in [0, 0.05) is 18.6 Å². The highest BCUT2D eigenvalue weighted by atomic mass is 16.5. The maximum atomic E-state index is 7.94. The second-order valence-corrected chi connectivity index (χ2v) is 5.32. The molecule has 126 valence electrons. The van der Waals surface area contributed by atoms with Crippen LogP contribution < -0.4 is 10.1 Å². The van der Waals surface area contributed by atoms with Crippen molar-refractivity contribution in [2.24, 2.45) is 0 Å². The summed E-state index contributed by atoms with van der Waals surface area (Å²) >= 11 is 0. The third kappa shape index (κ3) is 3.14. The molecule has 0 atom stereocenters. The summed E-state index contributed by atoms with van der Waals surface area (Å²) in [5.74, 6) is 0.685. The number of methoxy groups -OCH3 is 1. The van der Waals surface area contributed by atoms with Crippen molar-refractivity contribution in [1.82, 2.24) is 4.98 Å². The molecular formula is C19H18N4O2. The zero-order valence-corrected chi connectivity index (χ0v) is 14.0. The molecule has 0 aliphatic carbocycles. The first kappa shape index (κ1) is 16.4. The van der Waals surface area contributed by atoms with Gasteiger partial charge in [-0.25, -0.2) is 0 Å². The number of aromatic nitrogens is 1. The molecule has 3 N–H and O–H groups in total. The number of nitrogens with zero attached hydrogens (tertiary/aromatic N) is 1. The van der Waals surface area contributed by atoms with Crippen molar-refractivity contribution in [3.05, 3.63) is 54.2 Å². The van der Waals surface area contributed by atoms with E-state index in [4.69, 9.17) is 20.3 Å². The summed E-state index contributed by atoms with van der Waals surface area (Å²) in [4.78, 5) is 4.40. The Hall–Kier alpha value is -3.41. The lowest BCUT2D eigenvalue weighted by Gasteiger charge is -2.13. The minimum absolute atomic E-state index is 0.122. The Morgan fingerprint density at radius 2 is 1.84 bits per heavy atom. The Kier molecular flexibility index (Phi) is 4.61. The van der Waals surface area contributed by atoms with Crippen LogP contribution in [-0.4, -0.2) is 31.4 Å². The Labute approximate surface area is 145 Å². The van der Waals surface area contributed by atoms with Gasteiger partial charge < -0.3 is 14.8 Å². The molecule has 3 rings (SSSR count). The molecule has 2 aromatic carbocycles. The van der Waals surface area contributed by atoms with Gasteiger partial charge in [-0.3, -0.25) is 15.8 Å². The number of ether oxygens (including phenoxy) is 2. The molecule has 0 radical (unpaired) electrons. The molecule has 0 aliphatic rings. The molecule has 6 nitrogen and oxygen atoms in total. The molecule has 1 aromatic heterocycles. The number of hydrogen-bond acceptors (Lipinski definition) is 6. The monoisotopic (exact) mass is 334 g/mol. The largest absolute Gasteiger partial charge is 0.497 e. The van der Waals surface area contributed by atoms with Crippen LogP contribution in [0.1, 0.15) is 5.56 Å². The molecule has 0 saturated heterocycles. The second kappa shape index (κ2) is 7.00. The summed E-state index contributed by atoms with van der Waals surface area (Å²) in [6.07, 6.45) is 2.31. The molecule has 0 unspecified atom stereocenters. The Morgan fingerprint density at radius 1 is 1.12 bits per heavy atom. The van der Waals surface area contributed by atoms with Gasteiger partial charge in [-0.2, -0.15) is 0 Å². The first-order valence-corrected chi connectivity index (χ1v) is 7.67. The molecule has 0 fully saturated rings. The molecular weight excluding hydrogens is 316 g/mol. The molecule has 0 spiro atoms. The van der Waals surface area contributed by atoms with E-state index in [9.17, 15) is 0 Å². The highest BCUT2D eigenvalue weighted by Crippen LogP contribution is 2.31. The van der Waals surface area contributed by atoms with Crippen LogP contribution >= 0.6 is 0 Å². The first-order valence-electron chi connectivity index (χ1n) is 7.67. The van der Waals surface area contributed by atoms with E-state index in [2.05, 4.69) is 10.3 Å². The highest BCUT2D eigenvalue weighted by molar-refractivity contribution is 6.08. The van der Waals surface area contributed by atoms with Gasteiger partial charge in [0.2, 0.25) is 5.90 Å². The van der Waals surface area contributed by atoms with Crippen LogP contribution in [0.15, 0.2) is 48.7 Å². The van der Waals surface area contributed by atoms with Crippen LogP contribution in [0.25, 0.3) is 22.0 Å². The number of anilines is 1. The molecule has 6 heteroatoms. The topological polar surface area (TPSA) is 91.1 Å². The first-order chi connectivity index (χ1) is 12.2. The van der Waals surface area contributed by atoms with Crippen molar-refractivity contribution in [2.45, 2.75) is 0 Å². The highest BCUT2D eigenvalue weighted by Gasteiger charge is 2.13. The van der Waals surface area contributed by atoms with Crippen LogP contribution in [0, 0.1) is 10.8 Å². The summed E-state index contributed by atoms with van der Waals surface area (Å²) in [5.41, 5.74) is 4.15. The van der Waals surface area contributed by atoms with Crippen LogP contribution in [0.3, 0.4) is 0 Å². The van der Waals surface area contributed by atoms with E-state index in [0.29, 0.717) is 5.56 Å². The molecule has 25 heavy (non-hydrogen) atoms. The summed E-state index contributed by atoms with van der Waals surface area (Å²) in [5, 5.41) is 19.0. The lowest BCUT2D eigenvalue weighted by molar-refractivity contribution is 0.415. The average molecular weight is 334 g/mol. The molecule has 0 aliphatic heterocycles. The Morgan fingerprint density at radius 3 is 2.48 bits per heavy atom. The minimum Gasteiger partial charge on any atom is -0.497 e. The normalized spacial score (nSPS) is 10.3.